The second kappa shape index (κ2) is 7.14. The van der Waals surface area contributed by atoms with Crippen molar-refractivity contribution in [3.8, 4) is 21.7 Å². The molecule has 1 aliphatic rings. The Bertz CT molecular complexity index is 1180. The van der Waals surface area contributed by atoms with Crippen LogP contribution < -0.4 is 15.8 Å². The molecule has 0 bridgehead atoms. The Morgan fingerprint density at radius 3 is 2.57 bits per heavy atom. The van der Waals surface area contributed by atoms with E-state index in [0.29, 0.717) is 4.96 Å². The highest BCUT2D eigenvalue weighted by molar-refractivity contribution is 7.19. The predicted octanol–water partition coefficient (Wildman–Crippen LogP) is 2.29. The van der Waals surface area contributed by atoms with E-state index in [9.17, 15) is 4.79 Å². The summed E-state index contributed by atoms with van der Waals surface area (Å²) in [6.45, 7) is 3.50. The minimum absolute atomic E-state index is 0.147. The number of pyridine rings is 1. The number of piperazine rings is 1. The molecule has 1 N–H and O–H groups in total. The average molecular weight is 390 g/mol. The van der Waals surface area contributed by atoms with Crippen molar-refractivity contribution in [2.24, 2.45) is 0 Å². The first-order chi connectivity index (χ1) is 13.8. The van der Waals surface area contributed by atoms with E-state index in [4.69, 9.17) is 4.98 Å². The largest absolute Gasteiger partial charge is 0.354 e. The van der Waals surface area contributed by atoms with Crippen molar-refractivity contribution in [2.75, 3.05) is 31.1 Å². The molecule has 0 atom stereocenters. The van der Waals surface area contributed by atoms with Gasteiger partial charge >= 0.3 is 0 Å². The minimum Gasteiger partial charge on any atom is -0.354 e. The Hall–Kier alpha value is -3.10. The molecule has 1 fully saturated rings. The molecule has 0 unspecified atom stereocenters. The van der Waals surface area contributed by atoms with Gasteiger partial charge in [0.05, 0.1) is 0 Å². The third kappa shape index (κ3) is 3.17. The van der Waals surface area contributed by atoms with Crippen molar-refractivity contribution >= 4 is 22.1 Å². The van der Waals surface area contributed by atoms with Crippen molar-refractivity contribution in [3.63, 3.8) is 0 Å². The highest BCUT2D eigenvalue weighted by Crippen LogP contribution is 2.29. The summed E-state index contributed by atoms with van der Waals surface area (Å²) in [6, 6.07) is 13.7. The van der Waals surface area contributed by atoms with Crippen molar-refractivity contribution in [3.05, 3.63) is 65.2 Å². The number of fused-ring (bicyclic) bond motifs is 1. The molecule has 1 aliphatic heterocycles. The van der Waals surface area contributed by atoms with Crippen molar-refractivity contribution in [2.45, 2.75) is 0 Å². The molecule has 3 aromatic heterocycles. The topological polar surface area (TPSA) is 75.4 Å². The molecule has 140 valence electrons. The number of aromatic nitrogens is 4. The number of hydrogen-bond donors (Lipinski definition) is 1. The second-order valence-corrected chi connectivity index (χ2v) is 7.56. The fourth-order valence-electron chi connectivity index (χ4n) is 3.35. The van der Waals surface area contributed by atoms with Gasteiger partial charge in [0.2, 0.25) is 4.96 Å². The van der Waals surface area contributed by atoms with Gasteiger partial charge in [0.1, 0.15) is 10.8 Å². The van der Waals surface area contributed by atoms with Crippen LogP contribution in [0.1, 0.15) is 0 Å². The third-order valence-corrected chi connectivity index (χ3v) is 5.75. The second-order valence-electron chi connectivity index (χ2n) is 6.61. The van der Waals surface area contributed by atoms with E-state index in [0.717, 1.165) is 53.7 Å². The summed E-state index contributed by atoms with van der Waals surface area (Å²) in [4.78, 5) is 24.1. The van der Waals surface area contributed by atoms with Crippen molar-refractivity contribution in [1.29, 1.82) is 0 Å². The van der Waals surface area contributed by atoms with Crippen LogP contribution in [0.5, 0.6) is 0 Å². The van der Waals surface area contributed by atoms with Gasteiger partial charge in [0, 0.05) is 50.2 Å². The maximum atomic E-state index is 12.6. The van der Waals surface area contributed by atoms with Gasteiger partial charge in [-0.2, -0.15) is 9.61 Å². The molecule has 0 amide bonds. The maximum Gasteiger partial charge on any atom is 0.277 e. The summed E-state index contributed by atoms with van der Waals surface area (Å²) in [6.07, 6.45) is 3.56. The van der Waals surface area contributed by atoms with Crippen LogP contribution in [0.4, 0.5) is 5.82 Å². The van der Waals surface area contributed by atoms with Crippen LogP contribution in [0.25, 0.3) is 26.7 Å². The molecule has 28 heavy (non-hydrogen) atoms. The van der Waals surface area contributed by atoms with Gasteiger partial charge in [-0.15, -0.1) is 0 Å². The fourth-order valence-corrected chi connectivity index (χ4v) is 4.24. The van der Waals surface area contributed by atoms with Crippen LogP contribution in [-0.4, -0.2) is 45.8 Å². The fraction of sp³-hybridized carbons (Fsp3) is 0.200. The molecule has 1 saturated heterocycles. The number of rotatable bonds is 3. The van der Waals surface area contributed by atoms with Gasteiger partial charge in [0.25, 0.3) is 5.56 Å². The summed E-state index contributed by atoms with van der Waals surface area (Å²) >= 11 is 1.43. The molecule has 4 heterocycles. The van der Waals surface area contributed by atoms with Crippen molar-refractivity contribution < 1.29 is 0 Å². The molecule has 0 spiro atoms. The van der Waals surface area contributed by atoms with Crippen LogP contribution >= 0.6 is 11.3 Å². The lowest BCUT2D eigenvalue weighted by Crippen LogP contribution is -2.44. The summed E-state index contributed by atoms with van der Waals surface area (Å²) in [5.74, 6) is 0.729. The quantitative estimate of drug-likeness (QED) is 0.579. The van der Waals surface area contributed by atoms with Gasteiger partial charge in [-0.25, -0.2) is 4.98 Å². The molecule has 7 nitrogen and oxygen atoms in total. The third-order valence-electron chi connectivity index (χ3n) is 4.80. The standard InChI is InChI=1S/C20H18N6OS/c27-18-13-17(25-10-8-22-9-11-25)23-20-26(18)24-19(28-20)16-3-1-2-15(12-16)14-4-6-21-7-5-14/h1-7,12-13,22H,8-11H2. The van der Waals surface area contributed by atoms with Gasteiger partial charge in [-0.3, -0.25) is 9.78 Å². The van der Waals surface area contributed by atoms with E-state index >= 15 is 0 Å². The van der Waals surface area contributed by atoms with Crippen LogP contribution in [0.3, 0.4) is 0 Å². The van der Waals surface area contributed by atoms with Crippen LogP contribution in [-0.2, 0) is 0 Å². The zero-order valence-corrected chi connectivity index (χ0v) is 15.9. The van der Waals surface area contributed by atoms with E-state index in [1.807, 2.05) is 24.3 Å². The number of nitrogens with zero attached hydrogens (tertiary/aromatic N) is 5. The Morgan fingerprint density at radius 2 is 1.75 bits per heavy atom. The Balaban J connectivity index is 1.55. The molecular formula is C20H18N6OS. The van der Waals surface area contributed by atoms with Gasteiger partial charge < -0.3 is 10.2 Å². The highest BCUT2D eigenvalue weighted by atomic mass is 32.1. The first kappa shape index (κ1) is 17.0. The van der Waals surface area contributed by atoms with Crippen LogP contribution in [0, 0.1) is 0 Å². The molecule has 0 radical (unpaired) electrons. The monoisotopic (exact) mass is 390 g/mol. The van der Waals surface area contributed by atoms with E-state index < -0.39 is 0 Å². The Morgan fingerprint density at radius 1 is 0.964 bits per heavy atom. The lowest BCUT2D eigenvalue weighted by Gasteiger charge is -2.27. The molecular weight excluding hydrogens is 372 g/mol. The van der Waals surface area contributed by atoms with E-state index in [-0.39, 0.29) is 5.56 Å². The summed E-state index contributed by atoms with van der Waals surface area (Å²) in [5, 5.41) is 8.61. The first-order valence-corrected chi connectivity index (χ1v) is 9.97. The van der Waals surface area contributed by atoms with Gasteiger partial charge in [-0.1, -0.05) is 29.5 Å². The molecule has 1 aromatic carbocycles. The normalized spacial score (nSPS) is 14.5. The van der Waals surface area contributed by atoms with Crippen LogP contribution in [0.2, 0.25) is 0 Å². The Kier molecular flexibility index (Phi) is 4.34. The van der Waals surface area contributed by atoms with Crippen LogP contribution in [0.15, 0.2) is 59.7 Å². The number of hydrogen-bond acceptors (Lipinski definition) is 7. The number of benzene rings is 1. The van der Waals surface area contributed by atoms with Gasteiger partial charge in [-0.05, 0) is 29.3 Å². The molecule has 0 aliphatic carbocycles. The zero-order chi connectivity index (χ0) is 18.9. The molecule has 5 rings (SSSR count). The van der Waals surface area contributed by atoms with Gasteiger partial charge in [0.15, 0.2) is 0 Å². The molecule has 0 saturated carbocycles. The number of anilines is 1. The number of nitrogens with one attached hydrogen (secondary N) is 1. The molecule has 4 aromatic rings. The zero-order valence-electron chi connectivity index (χ0n) is 15.1. The highest BCUT2D eigenvalue weighted by Gasteiger charge is 2.16. The Labute approximate surface area is 165 Å². The molecule has 8 heteroatoms. The maximum absolute atomic E-state index is 12.6. The summed E-state index contributed by atoms with van der Waals surface area (Å²) in [5.41, 5.74) is 2.99. The first-order valence-electron chi connectivity index (χ1n) is 9.15. The lowest BCUT2D eigenvalue weighted by atomic mass is 10.0. The van der Waals surface area contributed by atoms with E-state index in [1.54, 1.807) is 18.5 Å². The minimum atomic E-state index is -0.147. The van der Waals surface area contributed by atoms with E-state index in [1.165, 1.54) is 15.9 Å². The lowest BCUT2D eigenvalue weighted by molar-refractivity contribution is 0.584. The van der Waals surface area contributed by atoms with E-state index in [2.05, 4.69) is 32.4 Å². The summed E-state index contributed by atoms with van der Waals surface area (Å²) < 4.78 is 1.39. The SMILES string of the molecule is O=c1cc(N2CCNCC2)nc2sc(-c3cccc(-c4ccncc4)c3)nn12. The van der Waals surface area contributed by atoms with Crippen molar-refractivity contribution in [1.82, 2.24) is 24.9 Å². The smallest absolute Gasteiger partial charge is 0.277 e. The predicted molar refractivity (Wildman–Crippen MR) is 111 cm³/mol. The summed E-state index contributed by atoms with van der Waals surface area (Å²) in [7, 11) is 0. The average Bonchev–Trinajstić information content (AvgIpc) is 3.20.